The highest BCUT2D eigenvalue weighted by atomic mass is 32.2. The molecular weight excluding hydrogens is 334 g/mol. The molecule has 0 atom stereocenters. The van der Waals surface area contributed by atoms with Gasteiger partial charge < -0.3 is 4.74 Å². The van der Waals surface area contributed by atoms with E-state index in [2.05, 4.69) is 4.40 Å². The van der Waals surface area contributed by atoms with Gasteiger partial charge in [-0.25, -0.2) is 0 Å². The highest BCUT2D eigenvalue weighted by Gasteiger charge is 2.16. The predicted molar refractivity (Wildman–Crippen MR) is 98.4 cm³/mol. The van der Waals surface area contributed by atoms with E-state index in [0.717, 1.165) is 5.56 Å². The molecule has 0 amide bonds. The maximum atomic E-state index is 12.6. The number of benzene rings is 3. The van der Waals surface area contributed by atoms with E-state index in [9.17, 15) is 8.42 Å². The van der Waals surface area contributed by atoms with Crippen LogP contribution >= 0.6 is 0 Å². The van der Waals surface area contributed by atoms with Crippen LogP contribution in [0, 0.1) is 6.92 Å². The molecule has 25 heavy (non-hydrogen) atoms. The molecule has 126 valence electrons. The van der Waals surface area contributed by atoms with Crippen LogP contribution in [-0.4, -0.2) is 14.3 Å². The van der Waals surface area contributed by atoms with Crippen molar-refractivity contribution in [1.29, 1.82) is 0 Å². The van der Waals surface area contributed by atoms with E-state index in [1.807, 2.05) is 31.2 Å². The summed E-state index contributed by atoms with van der Waals surface area (Å²) in [5, 5.41) is 0. The number of sulfonamides is 1. The molecule has 0 aliphatic carbocycles. The zero-order valence-corrected chi connectivity index (χ0v) is 14.5. The fourth-order valence-electron chi connectivity index (χ4n) is 2.26. The van der Waals surface area contributed by atoms with E-state index in [1.165, 1.54) is 12.1 Å². The Morgan fingerprint density at radius 1 is 0.840 bits per heavy atom. The second-order valence-corrected chi connectivity index (χ2v) is 7.07. The lowest BCUT2D eigenvalue weighted by atomic mass is 10.2. The van der Waals surface area contributed by atoms with Gasteiger partial charge in [0.2, 0.25) is 5.90 Å². The molecule has 3 aromatic rings. The smallest absolute Gasteiger partial charge is 0.285 e. The van der Waals surface area contributed by atoms with Gasteiger partial charge in [0, 0.05) is 5.56 Å². The van der Waals surface area contributed by atoms with Crippen LogP contribution < -0.4 is 4.74 Å². The van der Waals surface area contributed by atoms with Crippen LogP contribution in [0.25, 0.3) is 0 Å². The number of hydrogen-bond acceptors (Lipinski definition) is 3. The number of nitrogens with zero attached hydrogens (tertiary/aromatic N) is 1. The molecular formula is C20H17NO3S. The summed E-state index contributed by atoms with van der Waals surface area (Å²) in [7, 11) is -3.87. The summed E-state index contributed by atoms with van der Waals surface area (Å²) in [4.78, 5) is 0.122. The predicted octanol–water partition coefficient (Wildman–Crippen LogP) is 4.21. The van der Waals surface area contributed by atoms with E-state index in [4.69, 9.17) is 4.74 Å². The Morgan fingerprint density at radius 2 is 1.48 bits per heavy atom. The first-order valence-corrected chi connectivity index (χ1v) is 9.18. The van der Waals surface area contributed by atoms with Crippen LogP contribution in [0.15, 0.2) is 94.2 Å². The van der Waals surface area contributed by atoms with Crippen molar-refractivity contribution in [2.45, 2.75) is 11.8 Å². The minimum Gasteiger partial charge on any atom is -0.438 e. The monoisotopic (exact) mass is 351 g/mol. The Morgan fingerprint density at radius 3 is 2.12 bits per heavy atom. The topological polar surface area (TPSA) is 55.7 Å². The Labute approximate surface area is 147 Å². The van der Waals surface area contributed by atoms with Gasteiger partial charge in [-0.15, -0.1) is 4.40 Å². The van der Waals surface area contributed by atoms with Crippen molar-refractivity contribution < 1.29 is 13.2 Å². The maximum absolute atomic E-state index is 12.6. The molecule has 4 nitrogen and oxygen atoms in total. The SMILES string of the molecule is Cc1cccc(OC(=NS(=O)(=O)c2ccccc2)c2ccccc2)c1. The summed E-state index contributed by atoms with van der Waals surface area (Å²) in [5.74, 6) is 0.570. The van der Waals surface area contributed by atoms with Crippen molar-refractivity contribution >= 4 is 15.9 Å². The Bertz CT molecular complexity index is 982. The highest BCUT2D eigenvalue weighted by Crippen LogP contribution is 2.18. The van der Waals surface area contributed by atoms with Crippen molar-refractivity contribution in [3.05, 3.63) is 96.1 Å². The molecule has 0 bridgehead atoms. The molecule has 3 aromatic carbocycles. The van der Waals surface area contributed by atoms with Crippen LogP contribution in [0.3, 0.4) is 0 Å². The van der Waals surface area contributed by atoms with E-state index >= 15 is 0 Å². The minimum atomic E-state index is -3.87. The molecule has 0 fully saturated rings. The van der Waals surface area contributed by atoms with Crippen molar-refractivity contribution in [3.8, 4) is 5.75 Å². The molecule has 0 saturated carbocycles. The number of hydrogen-bond donors (Lipinski definition) is 0. The molecule has 0 N–H and O–H groups in total. The lowest BCUT2D eigenvalue weighted by molar-refractivity contribution is 0.550. The Hall–Kier alpha value is -2.92. The lowest BCUT2D eigenvalue weighted by Crippen LogP contribution is -2.13. The quantitative estimate of drug-likeness (QED) is 0.523. The zero-order chi connectivity index (χ0) is 17.7. The molecule has 0 heterocycles. The second-order valence-electron chi connectivity index (χ2n) is 5.47. The molecule has 0 aromatic heterocycles. The normalized spacial score (nSPS) is 12.0. The molecule has 0 unspecified atom stereocenters. The summed E-state index contributed by atoms with van der Waals surface area (Å²) in [6, 6.07) is 24.4. The standard InChI is InChI=1S/C20H17NO3S/c1-16-9-8-12-18(15-16)24-20(17-10-4-2-5-11-17)21-25(22,23)19-13-6-3-7-14-19/h2-15H,1H3. The van der Waals surface area contributed by atoms with Crippen LogP contribution in [0.2, 0.25) is 0 Å². The van der Waals surface area contributed by atoms with Crippen LogP contribution in [-0.2, 0) is 10.0 Å². The number of ether oxygens (including phenoxy) is 1. The van der Waals surface area contributed by atoms with Gasteiger partial charge in [-0.1, -0.05) is 48.5 Å². The van der Waals surface area contributed by atoms with Gasteiger partial charge in [-0.05, 0) is 48.9 Å². The van der Waals surface area contributed by atoms with Crippen LogP contribution in [0.5, 0.6) is 5.75 Å². The van der Waals surface area contributed by atoms with E-state index in [0.29, 0.717) is 11.3 Å². The summed E-state index contributed by atoms with van der Waals surface area (Å²) >= 11 is 0. The van der Waals surface area contributed by atoms with Crippen molar-refractivity contribution in [2.24, 2.45) is 4.40 Å². The molecule has 5 heteroatoms. The number of rotatable bonds is 4. The molecule has 0 aliphatic rings. The van der Waals surface area contributed by atoms with Crippen molar-refractivity contribution in [3.63, 3.8) is 0 Å². The first-order chi connectivity index (χ1) is 12.0. The zero-order valence-electron chi connectivity index (χ0n) is 13.7. The van der Waals surface area contributed by atoms with Gasteiger partial charge in [0.15, 0.2) is 0 Å². The molecule has 0 aliphatic heterocycles. The Kier molecular flexibility index (Phi) is 4.95. The van der Waals surface area contributed by atoms with Gasteiger partial charge in [0.05, 0.1) is 4.90 Å². The van der Waals surface area contributed by atoms with E-state index < -0.39 is 10.0 Å². The van der Waals surface area contributed by atoms with Gasteiger partial charge in [-0.3, -0.25) is 0 Å². The first-order valence-electron chi connectivity index (χ1n) is 7.74. The largest absolute Gasteiger partial charge is 0.438 e. The maximum Gasteiger partial charge on any atom is 0.285 e. The summed E-state index contributed by atoms with van der Waals surface area (Å²) in [6.07, 6.45) is 0. The first kappa shape index (κ1) is 16.9. The van der Waals surface area contributed by atoms with E-state index in [1.54, 1.807) is 48.5 Å². The summed E-state index contributed by atoms with van der Waals surface area (Å²) in [6.45, 7) is 1.94. The Balaban J connectivity index is 2.05. The number of aryl methyl sites for hydroxylation is 1. The van der Waals surface area contributed by atoms with Gasteiger partial charge in [0.25, 0.3) is 10.0 Å². The third kappa shape index (κ3) is 4.33. The minimum absolute atomic E-state index is 0.0371. The second kappa shape index (κ2) is 7.32. The lowest BCUT2D eigenvalue weighted by Gasteiger charge is -2.10. The van der Waals surface area contributed by atoms with Crippen molar-refractivity contribution in [1.82, 2.24) is 0 Å². The van der Waals surface area contributed by atoms with Crippen molar-refractivity contribution in [2.75, 3.05) is 0 Å². The molecule has 0 saturated heterocycles. The fourth-order valence-corrected chi connectivity index (χ4v) is 3.22. The highest BCUT2D eigenvalue weighted by molar-refractivity contribution is 7.90. The van der Waals surface area contributed by atoms with E-state index in [-0.39, 0.29) is 10.8 Å². The van der Waals surface area contributed by atoms with Gasteiger partial charge >= 0.3 is 0 Å². The molecule has 3 rings (SSSR count). The fraction of sp³-hybridized carbons (Fsp3) is 0.0500. The van der Waals surface area contributed by atoms with Gasteiger partial charge in [-0.2, -0.15) is 8.42 Å². The van der Waals surface area contributed by atoms with Crippen LogP contribution in [0.4, 0.5) is 0 Å². The van der Waals surface area contributed by atoms with Gasteiger partial charge in [0.1, 0.15) is 5.75 Å². The third-order valence-electron chi connectivity index (χ3n) is 3.47. The molecule has 0 spiro atoms. The average molecular weight is 351 g/mol. The van der Waals surface area contributed by atoms with Crippen LogP contribution in [0.1, 0.15) is 11.1 Å². The average Bonchev–Trinajstić information content (AvgIpc) is 2.63. The summed E-state index contributed by atoms with van der Waals surface area (Å²) in [5.41, 5.74) is 1.60. The third-order valence-corrected chi connectivity index (χ3v) is 4.74. The molecule has 0 radical (unpaired) electrons. The summed E-state index contributed by atoms with van der Waals surface area (Å²) < 4.78 is 35.0.